The standard InChI is InChI=1S/C35H43NO5S3/c1-3-5-23-43(37,38)30-15-13-27(14-16-30)35-34(32-18-17-31(26-33(32)42-35)44(39,40)24-6-4-2)28-11-10-12-29(25-28)41-22-21-36-19-8-7-9-20-36/h10-18,25-26H,3-9,19-24H2,1-2H3. The van der Waals surface area contributed by atoms with Crippen molar-refractivity contribution in [2.24, 2.45) is 0 Å². The second-order valence-corrected chi connectivity index (χ2v) is 16.9. The van der Waals surface area contributed by atoms with E-state index in [4.69, 9.17) is 4.74 Å². The van der Waals surface area contributed by atoms with Gasteiger partial charge in [-0.1, -0.05) is 63.4 Å². The van der Waals surface area contributed by atoms with Gasteiger partial charge in [0.25, 0.3) is 0 Å². The number of ether oxygens (including phenoxy) is 1. The Morgan fingerprint density at radius 2 is 1.41 bits per heavy atom. The van der Waals surface area contributed by atoms with Gasteiger partial charge in [-0.3, -0.25) is 4.90 Å². The van der Waals surface area contributed by atoms with Crippen LogP contribution in [0.5, 0.6) is 5.75 Å². The summed E-state index contributed by atoms with van der Waals surface area (Å²) < 4.78 is 58.9. The van der Waals surface area contributed by atoms with Gasteiger partial charge in [0.15, 0.2) is 19.7 Å². The first-order chi connectivity index (χ1) is 21.2. The summed E-state index contributed by atoms with van der Waals surface area (Å²) >= 11 is 1.53. The lowest BCUT2D eigenvalue weighted by atomic mass is 9.98. The lowest BCUT2D eigenvalue weighted by Crippen LogP contribution is -2.33. The number of benzene rings is 3. The first-order valence-corrected chi connectivity index (χ1v) is 19.9. The van der Waals surface area contributed by atoms with Gasteiger partial charge in [-0.05, 0) is 86.3 Å². The Bertz CT molecular complexity index is 1770. The van der Waals surface area contributed by atoms with Gasteiger partial charge in [-0.2, -0.15) is 0 Å². The third kappa shape index (κ3) is 7.73. The van der Waals surface area contributed by atoms with Crippen molar-refractivity contribution in [3.63, 3.8) is 0 Å². The molecule has 0 atom stereocenters. The summed E-state index contributed by atoms with van der Waals surface area (Å²) in [5.41, 5.74) is 2.86. The normalized spacial score (nSPS) is 14.7. The van der Waals surface area contributed by atoms with Gasteiger partial charge in [0.05, 0.1) is 21.3 Å². The van der Waals surface area contributed by atoms with Gasteiger partial charge in [-0.15, -0.1) is 11.3 Å². The summed E-state index contributed by atoms with van der Waals surface area (Å²) in [6.45, 7) is 7.75. The number of hydrogen-bond acceptors (Lipinski definition) is 7. The molecule has 1 aliphatic rings. The fraction of sp³-hybridized carbons (Fsp3) is 0.429. The van der Waals surface area contributed by atoms with E-state index in [0.29, 0.717) is 29.2 Å². The number of sulfone groups is 2. The number of fused-ring (bicyclic) bond motifs is 1. The highest BCUT2D eigenvalue weighted by molar-refractivity contribution is 7.91. The molecule has 1 saturated heterocycles. The van der Waals surface area contributed by atoms with Crippen molar-refractivity contribution in [1.29, 1.82) is 0 Å². The summed E-state index contributed by atoms with van der Waals surface area (Å²) in [5, 5.41) is 0.963. The second-order valence-electron chi connectivity index (χ2n) is 11.6. The number of thiophene rings is 1. The van der Waals surface area contributed by atoms with Crippen molar-refractivity contribution in [3.05, 3.63) is 66.7 Å². The van der Waals surface area contributed by atoms with E-state index in [1.807, 2.05) is 44.2 Å². The molecule has 1 aromatic heterocycles. The summed E-state index contributed by atoms with van der Waals surface area (Å²) in [4.78, 5) is 4.08. The van der Waals surface area contributed by atoms with Crippen molar-refractivity contribution >= 4 is 41.1 Å². The summed E-state index contributed by atoms with van der Waals surface area (Å²) in [6.07, 6.45) is 6.69. The van der Waals surface area contributed by atoms with E-state index in [1.165, 1.54) is 30.6 Å². The van der Waals surface area contributed by atoms with Gasteiger partial charge < -0.3 is 4.74 Å². The highest BCUT2D eigenvalue weighted by Crippen LogP contribution is 2.46. The molecule has 1 fully saturated rings. The highest BCUT2D eigenvalue weighted by atomic mass is 32.2. The first-order valence-electron chi connectivity index (χ1n) is 15.8. The molecule has 0 radical (unpaired) electrons. The smallest absolute Gasteiger partial charge is 0.178 e. The molecular formula is C35H43NO5S3. The van der Waals surface area contributed by atoms with Crippen molar-refractivity contribution in [1.82, 2.24) is 4.90 Å². The van der Waals surface area contributed by atoms with Crippen LogP contribution in [0.1, 0.15) is 58.8 Å². The Hall–Kier alpha value is -2.72. The quantitative estimate of drug-likeness (QED) is 0.136. The molecule has 2 heterocycles. The molecule has 3 aromatic carbocycles. The maximum atomic E-state index is 13.1. The van der Waals surface area contributed by atoms with E-state index in [0.717, 1.165) is 69.9 Å². The fourth-order valence-electron chi connectivity index (χ4n) is 5.70. The topological polar surface area (TPSA) is 80.8 Å². The zero-order valence-corrected chi connectivity index (χ0v) is 28.2. The molecule has 0 unspecified atom stereocenters. The average molecular weight is 654 g/mol. The monoisotopic (exact) mass is 653 g/mol. The number of nitrogens with zero attached hydrogens (tertiary/aromatic N) is 1. The molecule has 0 saturated carbocycles. The van der Waals surface area contributed by atoms with Gasteiger partial charge in [0, 0.05) is 27.1 Å². The Labute approximate surface area is 266 Å². The lowest BCUT2D eigenvalue weighted by molar-refractivity contribution is 0.183. The van der Waals surface area contributed by atoms with E-state index in [-0.39, 0.29) is 11.5 Å². The maximum Gasteiger partial charge on any atom is 0.178 e. The number of unbranched alkanes of at least 4 members (excludes halogenated alkanes) is 2. The predicted octanol–water partition coefficient (Wildman–Crippen LogP) is 8.25. The zero-order chi connectivity index (χ0) is 31.2. The second kappa shape index (κ2) is 14.6. The maximum absolute atomic E-state index is 13.1. The molecule has 0 amide bonds. The van der Waals surface area contributed by atoms with E-state index < -0.39 is 19.7 Å². The molecule has 44 heavy (non-hydrogen) atoms. The minimum absolute atomic E-state index is 0.130. The minimum atomic E-state index is -3.39. The Morgan fingerprint density at radius 1 is 0.750 bits per heavy atom. The predicted molar refractivity (Wildman–Crippen MR) is 182 cm³/mol. The van der Waals surface area contributed by atoms with E-state index in [1.54, 1.807) is 24.3 Å². The van der Waals surface area contributed by atoms with E-state index in [9.17, 15) is 16.8 Å². The SMILES string of the molecule is CCCCS(=O)(=O)c1ccc(-c2sc3cc(S(=O)(=O)CCCC)ccc3c2-c2cccc(OCCN3CCCCC3)c2)cc1. The highest BCUT2D eigenvalue weighted by Gasteiger charge is 2.21. The van der Waals surface area contributed by atoms with Crippen LogP contribution in [0, 0.1) is 0 Å². The number of piperidine rings is 1. The van der Waals surface area contributed by atoms with Crippen molar-refractivity contribution in [2.75, 3.05) is 37.7 Å². The van der Waals surface area contributed by atoms with Crippen molar-refractivity contribution in [3.8, 4) is 27.3 Å². The van der Waals surface area contributed by atoms with Crippen LogP contribution >= 0.6 is 11.3 Å². The van der Waals surface area contributed by atoms with Crippen LogP contribution in [-0.2, 0) is 19.7 Å². The Balaban J connectivity index is 1.52. The van der Waals surface area contributed by atoms with Gasteiger partial charge in [0.1, 0.15) is 12.4 Å². The minimum Gasteiger partial charge on any atom is -0.492 e. The van der Waals surface area contributed by atoms with Crippen molar-refractivity contribution in [2.45, 2.75) is 68.6 Å². The largest absolute Gasteiger partial charge is 0.492 e. The third-order valence-corrected chi connectivity index (χ3v) is 13.1. The third-order valence-electron chi connectivity index (χ3n) is 8.28. The number of hydrogen-bond donors (Lipinski definition) is 0. The summed E-state index contributed by atoms with van der Waals surface area (Å²) in [7, 11) is -6.73. The molecule has 0 spiro atoms. The van der Waals surface area contributed by atoms with Crippen LogP contribution in [0.15, 0.2) is 76.5 Å². The van der Waals surface area contributed by atoms with Gasteiger partial charge in [0.2, 0.25) is 0 Å². The van der Waals surface area contributed by atoms with E-state index >= 15 is 0 Å². The lowest BCUT2D eigenvalue weighted by Gasteiger charge is -2.26. The molecule has 4 aromatic rings. The fourth-order valence-corrected chi connectivity index (χ4v) is 9.97. The van der Waals surface area contributed by atoms with Crippen LogP contribution in [0.25, 0.3) is 31.7 Å². The molecule has 0 N–H and O–H groups in total. The molecule has 0 bridgehead atoms. The van der Waals surface area contributed by atoms with Gasteiger partial charge >= 0.3 is 0 Å². The molecule has 9 heteroatoms. The number of rotatable bonds is 14. The average Bonchev–Trinajstić information content (AvgIpc) is 3.43. The van der Waals surface area contributed by atoms with Crippen molar-refractivity contribution < 1.29 is 21.6 Å². The van der Waals surface area contributed by atoms with Crippen LogP contribution in [-0.4, -0.2) is 59.5 Å². The molecule has 5 rings (SSSR count). The van der Waals surface area contributed by atoms with E-state index in [2.05, 4.69) is 17.0 Å². The van der Waals surface area contributed by atoms with Crippen LogP contribution in [0.4, 0.5) is 0 Å². The van der Waals surface area contributed by atoms with Crippen LogP contribution in [0.2, 0.25) is 0 Å². The molecule has 6 nitrogen and oxygen atoms in total. The summed E-state index contributed by atoms with van der Waals surface area (Å²) in [6, 6.07) is 20.6. The Kier molecular flexibility index (Phi) is 10.8. The molecule has 1 aliphatic heterocycles. The first kappa shape index (κ1) is 32.7. The number of likely N-dealkylation sites (tertiary alicyclic amines) is 1. The molecule has 236 valence electrons. The van der Waals surface area contributed by atoms with Crippen LogP contribution in [0.3, 0.4) is 0 Å². The molecular weight excluding hydrogens is 611 g/mol. The van der Waals surface area contributed by atoms with Crippen LogP contribution < -0.4 is 4.74 Å². The molecule has 0 aliphatic carbocycles. The zero-order valence-electron chi connectivity index (χ0n) is 25.8. The Morgan fingerprint density at radius 3 is 2.09 bits per heavy atom. The summed E-state index contributed by atoms with van der Waals surface area (Å²) in [5.74, 6) is 1.06. The van der Waals surface area contributed by atoms with Gasteiger partial charge in [-0.25, -0.2) is 16.8 Å².